The molecule has 37 heavy (non-hydrogen) atoms. The number of hydrogen-bond donors (Lipinski definition) is 2. The number of benzene rings is 2. The molecule has 1 atom stereocenters. The molecular weight excluding hydrogens is 556 g/mol. The lowest BCUT2D eigenvalue weighted by molar-refractivity contribution is 0.168. The van der Waals surface area contributed by atoms with Crippen LogP contribution in [-0.2, 0) is 6.54 Å². The van der Waals surface area contributed by atoms with Crippen molar-refractivity contribution in [1.29, 1.82) is 0 Å². The molecule has 2 N–H and O–H groups in total. The molecule has 192 valence electrons. The van der Waals surface area contributed by atoms with Gasteiger partial charge in [0.2, 0.25) is 0 Å². The monoisotopic (exact) mass is 582 g/mol. The predicted molar refractivity (Wildman–Crippen MR) is 149 cm³/mol. The van der Waals surface area contributed by atoms with Crippen LogP contribution in [0.3, 0.4) is 0 Å². The average Bonchev–Trinajstić information content (AvgIpc) is 3.31. The second-order valence-electron chi connectivity index (χ2n) is 9.08. The van der Waals surface area contributed by atoms with Crippen molar-refractivity contribution in [3.8, 4) is 17.0 Å². The summed E-state index contributed by atoms with van der Waals surface area (Å²) in [5.74, 6) is 1.94. The zero-order valence-corrected chi connectivity index (χ0v) is 22.8. The van der Waals surface area contributed by atoms with E-state index in [2.05, 4.69) is 31.7 Å². The largest absolute Gasteiger partial charge is 0.497 e. The minimum atomic E-state index is -0.0381. The van der Waals surface area contributed by atoms with E-state index in [1.54, 1.807) is 17.8 Å². The van der Waals surface area contributed by atoms with Gasteiger partial charge in [-0.3, -0.25) is 0 Å². The number of piperidine rings is 1. The minimum absolute atomic E-state index is 0.0381. The second kappa shape index (κ2) is 11.4. The lowest BCUT2D eigenvalue weighted by Crippen LogP contribution is -2.46. The molecule has 8 nitrogen and oxygen atoms in total. The first-order valence-corrected chi connectivity index (χ1v) is 13.4. The topological polar surface area (TPSA) is 83.8 Å². The number of fused-ring (bicyclic) bond motifs is 1. The number of aromatic nitrogens is 3. The van der Waals surface area contributed by atoms with Gasteiger partial charge in [0.05, 0.1) is 23.5 Å². The van der Waals surface area contributed by atoms with E-state index in [1.807, 2.05) is 59.5 Å². The molecule has 1 fully saturated rings. The number of hydrogen-bond acceptors (Lipinski definition) is 5. The third-order valence-corrected chi connectivity index (χ3v) is 7.45. The molecular formula is C27H28BrClN6O2. The SMILES string of the molecule is COc1ccc(CNC(=O)N2CCCC(CNc3cc(-c4ccccc4Cl)nc4c(Br)cnn34)C2)cc1. The maximum Gasteiger partial charge on any atom is 0.317 e. The summed E-state index contributed by atoms with van der Waals surface area (Å²) in [6.45, 7) is 2.64. The fourth-order valence-corrected chi connectivity index (χ4v) is 5.15. The first-order valence-electron chi connectivity index (χ1n) is 12.2. The van der Waals surface area contributed by atoms with Crippen LogP contribution in [0.5, 0.6) is 5.75 Å². The molecule has 3 heterocycles. The summed E-state index contributed by atoms with van der Waals surface area (Å²) < 4.78 is 7.79. The molecule has 1 aliphatic heterocycles. The third kappa shape index (κ3) is 5.83. The molecule has 2 amide bonds. The average molecular weight is 584 g/mol. The molecule has 1 unspecified atom stereocenters. The first kappa shape index (κ1) is 25.4. The van der Waals surface area contributed by atoms with Crippen molar-refractivity contribution in [2.45, 2.75) is 19.4 Å². The Balaban J connectivity index is 1.24. The Morgan fingerprint density at radius 3 is 2.81 bits per heavy atom. The number of amides is 2. The van der Waals surface area contributed by atoms with Crippen LogP contribution < -0.4 is 15.4 Å². The lowest BCUT2D eigenvalue weighted by atomic mass is 9.98. The van der Waals surface area contributed by atoms with E-state index in [0.717, 1.165) is 52.2 Å². The highest BCUT2D eigenvalue weighted by Gasteiger charge is 2.24. The van der Waals surface area contributed by atoms with Gasteiger partial charge >= 0.3 is 6.03 Å². The number of likely N-dealkylation sites (tertiary alicyclic amines) is 1. The van der Waals surface area contributed by atoms with Gasteiger partial charge in [-0.05, 0) is 58.5 Å². The Hall–Kier alpha value is -3.30. The highest BCUT2D eigenvalue weighted by molar-refractivity contribution is 9.10. The number of urea groups is 1. The van der Waals surface area contributed by atoms with Gasteiger partial charge in [0, 0.05) is 42.8 Å². The summed E-state index contributed by atoms with van der Waals surface area (Å²) in [4.78, 5) is 19.5. The normalized spacial score (nSPS) is 15.5. The molecule has 1 saturated heterocycles. The van der Waals surface area contributed by atoms with Crippen molar-refractivity contribution >= 4 is 45.0 Å². The molecule has 0 aliphatic carbocycles. The minimum Gasteiger partial charge on any atom is -0.497 e. The third-order valence-electron chi connectivity index (χ3n) is 6.56. The van der Waals surface area contributed by atoms with E-state index in [1.165, 1.54) is 0 Å². The highest BCUT2D eigenvalue weighted by atomic mass is 79.9. The van der Waals surface area contributed by atoms with Gasteiger partial charge in [0.15, 0.2) is 5.65 Å². The fraction of sp³-hybridized carbons (Fsp3) is 0.296. The van der Waals surface area contributed by atoms with Gasteiger partial charge in [-0.15, -0.1) is 0 Å². The smallest absolute Gasteiger partial charge is 0.317 e. The zero-order chi connectivity index (χ0) is 25.8. The van der Waals surface area contributed by atoms with Crippen molar-refractivity contribution in [2.24, 2.45) is 5.92 Å². The Labute approximate surface area is 229 Å². The van der Waals surface area contributed by atoms with Gasteiger partial charge in [0.25, 0.3) is 0 Å². The van der Waals surface area contributed by atoms with Crippen molar-refractivity contribution in [1.82, 2.24) is 24.8 Å². The van der Waals surface area contributed by atoms with Crippen molar-refractivity contribution in [2.75, 3.05) is 32.1 Å². The van der Waals surface area contributed by atoms with E-state index < -0.39 is 0 Å². The Morgan fingerprint density at radius 2 is 2.03 bits per heavy atom. The van der Waals surface area contributed by atoms with Crippen molar-refractivity contribution in [3.05, 3.63) is 75.9 Å². The summed E-state index contributed by atoms with van der Waals surface area (Å²) in [5.41, 5.74) is 3.37. The highest BCUT2D eigenvalue weighted by Crippen LogP contribution is 2.30. The number of carbonyl (C=O) groups excluding carboxylic acids is 1. The van der Waals surface area contributed by atoms with E-state index in [9.17, 15) is 4.79 Å². The summed E-state index contributed by atoms with van der Waals surface area (Å²) in [7, 11) is 1.64. The van der Waals surface area contributed by atoms with Gasteiger partial charge in [0.1, 0.15) is 11.6 Å². The molecule has 1 aliphatic rings. The molecule has 4 aromatic rings. The standard InChI is InChI=1S/C27H28BrClN6O2/c1-37-20-10-8-18(9-11-20)14-31-27(36)34-12-4-5-19(17-34)15-30-25-13-24(21-6-2-3-7-23(21)29)33-26-22(28)16-32-35(25)26/h2-3,6-11,13,16,19,30H,4-5,12,14-15,17H2,1H3,(H,31,36). The summed E-state index contributed by atoms with van der Waals surface area (Å²) in [6, 6.07) is 17.3. The van der Waals surface area contributed by atoms with Gasteiger partial charge in [-0.1, -0.05) is 41.9 Å². The lowest BCUT2D eigenvalue weighted by Gasteiger charge is -2.33. The van der Waals surface area contributed by atoms with Crippen LogP contribution in [-0.4, -0.2) is 52.3 Å². The van der Waals surface area contributed by atoms with Crippen molar-refractivity contribution < 1.29 is 9.53 Å². The quantitative estimate of drug-likeness (QED) is 0.285. The molecule has 0 spiro atoms. The van der Waals surface area contributed by atoms with E-state index >= 15 is 0 Å². The predicted octanol–water partition coefficient (Wildman–Crippen LogP) is 5.85. The molecule has 0 bridgehead atoms. The number of ether oxygens (including phenoxy) is 1. The van der Waals surface area contributed by atoms with Crippen LogP contribution >= 0.6 is 27.5 Å². The molecule has 0 saturated carbocycles. The van der Waals surface area contributed by atoms with Crippen LogP contribution in [0.4, 0.5) is 10.6 Å². The zero-order valence-electron chi connectivity index (χ0n) is 20.5. The summed E-state index contributed by atoms with van der Waals surface area (Å²) in [6.07, 6.45) is 3.75. The van der Waals surface area contributed by atoms with Gasteiger partial charge in [-0.25, -0.2) is 9.78 Å². The van der Waals surface area contributed by atoms with Crippen LogP contribution in [0, 0.1) is 5.92 Å². The maximum atomic E-state index is 12.9. The van der Waals surface area contributed by atoms with E-state index in [4.69, 9.17) is 21.3 Å². The number of methoxy groups -OCH3 is 1. The second-order valence-corrected chi connectivity index (χ2v) is 10.3. The Bertz CT molecular complexity index is 1390. The molecule has 0 radical (unpaired) electrons. The fourth-order valence-electron chi connectivity index (χ4n) is 4.57. The van der Waals surface area contributed by atoms with Crippen LogP contribution in [0.1, 0.15) is 18.4 Å². The Kier molecular flexibility index (Phi) is 7.81. The number of nitrogens with zero attached hydrogens (tertiary/aromatic N) is 4. The van der Waals surface area contributed by atoms with Crippen LogP contribution in [0.2, 0.25) is 5.02 Å². The maximum absolute atomic E-state index is 12.9. The summed E-state index contributed by atoms with van der Waals surface area (Å²) in [5, 5.41) is 11.7. The first-order chi connectivity index (χ1) is 18.0. The van der Waals surface area contributed by atoms with E-state index in [0.29, 0.717) is 36.2 Å². The van der Waals surface area contributed by atoms with Gasteiger partial charge < -0.3 is 20.3 Å². The molecule has 10 heteroatoms. The van der Waals surface area contributed by atoms with Gasteiger partial charge in [-0.2, -0.15) is 9.61 Å². The molecule has 5 rings (SSSR count). The number of carbonyl (C=O) groups is 1. The molecule has 2 aromatic heterocycles. The van der Waals surface area contributed by atoms with Crippen LogP contribution in [0.15, 0.2) is 65.3 Å². The number of rotatable bonds is 7. The van der Waals surface area contributed by atoms with Crippen LogP contribution in [0.25, 0.3) is 16.9 Å². The Morgan fingerprint density at radius 1 is 1.22 bits per heavy atom. The number of halogens is 2. The summed E-state index contributed by atoms with van der Waals surface area (Å²) >= 11 is 10.0. The molecule has 2 aromatic carbocycles. The number of nitrogens with one attached hydrogen (secondary N) is 2. The number of anilines is 1. The van der Waals surface area contributed by atoms with Crippen molar-refractivity contribution in [3.63, 3.8) is 0 Å². The van der Waals surface area contributed by atoms with E-state index in [-0.39, 0.29) is 6.03 Å².